The minimum absolute atomic E-state index is 0.0130. The summed E-state index contributed by atoms with van der Waals surface area (Å²) in [5.74, 6) is 0.913. The molecule has 0 fully saturated rings. The minimum atomic E-state index is 0.0130. The quantitative estimate of drug-likeness (QED) is 0.791. The van der Waals surface area contributed by atoms with Crippen LogP contribution < -0.4 is 5.32 Å². The van der Waals surface area contributed by atoms with E-state index in [9.17, 15) is 0 Å². The van der Waals surface area contributed by atoms with Gasteiger partial charge in [0.15, 0.2) is 0 Å². The van der Waals surface area contributed by atoms with Crippen molar-refractivity contribution in [2.24, 2.45) is 0 Å². The molecule has 0 saturated heterocycles. The van der Waals surface area contributed by atoms with Gasteiger partial charge >= 0.3 is 0 Å². The van der Waals surface area contributed by atoms with Crippen LogP contribution in [0.3, 0.4) is 0 Å². The van der Waals surface area contributed by atoms with Crippen LogP contribution >= 0.6 is 15.9 Å². The number of hydrogen-bond donors (Lipinski definition) is 1. The molecule has 0 saturated carbocycles. The molecule has 1 atom stereocenters. The number of halogens is 1. The third-order valence-electron chi connectivity index (χ3n) is 3.29. The number of nitrogens with one attached hydrogen (secondary N) is 1. The number of hydrogen-bond acceptors (Lipinski definition) is 4. The molecule has 0 radical (unpaired) electrons. The molecule has 0 aliphatic carbocycles. The lowest BCUT2D eigenvalue weighted by atomic mass is 10.1. The van der Waals surface area contributed by atoms with Crippen molar-refractivity contribution in [2.75, 3.05) is 27.2 Å². The summed E-state index contributed by atoms with van der Waals surface area (Å²) in [6.45, 7) is 4.87. The Labute approximate surface area is 134 Å². The normalized spacial score (nSPS) is 13.0. The van der Waals surface area contributed by atoms with Gasteiger partial charge in [0, 0.05) is 6.54 Å². The van der Waals surface area contributed by atoms with Gasteiger partial charge in [-0.2, -0.15) is 5.10 Å². The van der Waals surface area contributed by atoms with Crippen LogP contribution in [0.25, 0.3) is 0 Å². The molecule has 0 amide bonds. The molecule has 5 nitrogen and oxygen atoms in total. The first kappa shape index (κ1) is 16.3. The van der Waals surface area contributed by atoms with Crippen molar-refractivity contribution in [1.82, 2.24) is 20.0 Å². The van der Waals surface area contributed by atoms with Gasteiger partial charge < -0.3 is 14.6 Å². The SMILES string of the molecule is CCCNC(c1ccco1)c1c(Br)cnn1CCN(C)C. The summed E-state index contributed by atoms with van der Waals surface area (Å²) in [5.41, 5.74) is 1.11. The zero-order valence-electron chi connectivity index (χ0n) is 12.8. The van der Waals surface area contributed by atoms with Crippen molar-refractivity contribution in [3.63, 3.8) is 0 Å². The Kier molecular flexibility index (Phi) is 6.02. The Bertz CT molecular complexity index is 536. The molecule has 116 valence electrons. The average Bonchev–Trinajstić information content (AvgIpc) is 3.09. The van der Waals surface area contributed by atoms with Gasteiger partial charge in [-0.05, 0) is 55.1 Å². The maximum atomic E-state index is 5.62. The molecule has 1 N–H and O–H groups in total. The standard InChI is InChI=1S/C15H23BrN4O/c1-4-7-17-14(13-6-5-10-21-13)15-12(16)11-18-20(15)9-8-19(2)3/h5-6,10-11,14,17H,4,7-9H2,1-3H3. The van der Waals surface area contributed by atoms with Crippen LogP contribution in [-0.2, 0) is 6.54 Å². The third kappa shape index (κ3) is 4.18. The number of nitrogens with zero attached hydrogens (tertiary/aromatic N) is 3. The zero-order chi connectivity index (χ0) is 15.2. The van der Waals surface area contributed by atoms with E-state index in [1.807, 2.05) is 23.0 Å². The lowest BCUT2D eigenvalue weighted by molar-refractivity contribution is 0.359. The monoisotopic (exact) mass is 354 g/mol. The van der Waals surface area contributed by atoms with E-state index in [1.165, 1.54) is 0 Å². The van der Waals surface area contributed by atoms with E-state index in [2.05, 4.69) is 52.3 Å². The Morgan fingerprint density at radius 1 is 1.48 bits per heavy atom. The second kappa shape index (κ2) is 7.77. The van der Waals surface area contributed by atoms with Crippen molar-refractivity contribution in [1.29, 1.82) is 0 Å². The average molecular weight is 355 g/mol. The van der Waals surface area contributed by atoms with E-state index in [0.717, 1.165) is 42.0 Å². The van der Waals surface area contributed by atoms with E-state index >= 15 is 0 Å². The first-order valence-electron chi connectivity index (χ1n) is 7.26. The fraction of sp³-hybridized carbons (Fsp3) is 0.533. The topological polar surface area (TPSA) is 46.2 Å². The van der Waals surface area contributed by atoms with Gasteiger partial charge in [0.2, 0.25) is 0 Å². The lowest BCUT2D eigenvalue weighted by Gasteiger charge is -2.20. The summed E-state index contributed by atoms with van der Waals surface area (Å²) in [5, 5.41) is 8.03. The molecule has 0 aliphatic rings. The molecular weight excluding hydrogens is 332 g/mol. The molecule has 0 spiro atoms. The van der Waals surface area contributed by atoms with Gasteiger partial charge in [0.05, 0.1) is 29.2 Å². The van der Waals surface area contributed by atoms with Crippen molar-refractivity contribution < 1.29 is 4.42 Å². The molecule has 6 heteroatoms. The molecule has 2 rings (SSSR count). The van der Waals surface area contributed by atoms with Crippen molar-refractivity contribution >= 4 is 15.9 Å². The molecule has 2 aromatic rings. The Hall–Kier alpha value is -1.11. The summed E-state index contributed by atoms with van der Waals surface area (Å²) in [7, 11) is 4.13. The molecular formula is C15H23BrN4O. The van der Waals surface area contributed by atoms with Crippen LogP contribution in [0.1, 0.15) is 30.8 Å². The summed E-state index contributed by atoms with van der Waals surface area (Å²) in [6, 6.07) is 3.94. The highest BCUT2D eigenvalue weighted by Gasteiger charge is 2.23. The second-order valence-electron chi connectivity index (χ2n) is 5.31. The van der Waals surface area contributed by atoms with Crippen LogP contribution in [0.15, 0.2) is 33.5 Å². The number of likely N-dealkylation sites (N-methyl/N-ethyl adjacent to an activating group) is 1. The fourth-order valence-corrected chi connectivity index (χ4v) is 2.73. The van der Waals surface area contributed by atoms with Crippen LogP contribution in [0.2, 0.25) is 0 Å². The lowest BCUT2D eigenvalue weighted by Crippen LogP contribution is -2.27. The first-order valence-corrected chi connectivity index (χ1v) is 8.05. The second-order valence-corrected chi connectivity index (χ2v) is 6.16. The largest absolute Gasteiger partial charge is 0.467 e. The Morgan fingerprint density at radius 3 is 2.90 bits per heavy atom. The van der Waals surface area contributed by atoms with Gasteiger partial charge in [-0.1, -0.05) is 6.92 Å². The van der Waals surface area contributed by atoms with Crippen LogP contribution in [0, 0.1) is 0 Å². The maximum absolute atomic E-state index is 5.62. The van der Waals surface area contributed by atoms with E-state index in [0.29, 0.717) is 0 Å². The number of furan rings is 1. The van der Waals surface area contributed by atoms with E-state index < -0.39 is 0 Å². The highest BCUT2D eigenvalue weighted by atomic mass is 79.9. The van der Waals surface area contributed by atoms with Crippen molar-refractivity contribution in [3.05, 3.63) is 40.5 Å². The number of aromatic nitrogens is 2. The summed E-state index contributed by atoms with van der Waals surface area (Å²) < 4.78 is 8.66. The van der Waals surface area contributed by atoms with Crippen molar-refractivity contribution in [2.45, 2.75) is 25.9 Å². The highest BCUT2D eigenvalue weighted by Crippen LogP contribution is 2.29. The van der Waals surface area contributed by atoms with Gasteiger partial charge in [-0.25, -0.2) is 0 Å². The van der Waals surface area contributed by atoms with E-state index in [4.69, 9.17) is 4.42 Å². The molecule has 0 aromatic carbocycles. The smallest absolute Gasteiger partial charge is 0.126 e. The third-order valence-corrected chi connectivity index (χ3v) is 3.90. The van der Waals surface area contributed by atoms with Crippen LogP contribution in [0.5, 0.6) is 0 Å². The molecule has 21 heavy (non-hydrogen) atoms. The predicted molar refractivity (Wildman–Crippen MR) is 87.3 cm³/mol. The summed E-state index contributed by atoms with van der Waals surface area (Å²) in [6.07, 6.45) is 4.64. The maximum Gasteiger partial charge on any atom is 0.126 e. The van der Waals surface area contributed by atoms with Gasteiger partial charge in [0.25, 0.3) is 0 Å². The van der Waals surface area contributed by atoms with Gasteiger partial charge in [-0.3, -0.25) is 4.68 Å². The summed E-state index contributed by atoms with van der Waals surface area (Å²) >= 11 is 3.62. The van der Waals surface area contributed by atoms with Gasteiger partial charge in [0.1, 0.15) is 11.8 Å². The van der Waals surface area contributed by atoms with Crippen molar-refractivity contribution in [3.8, 4) is 0 Å². The Balaban J connectivity index is 2.28. The summed E-state index contributed by atoms with van der Waals surface area (Å²) in [4.78, 5) is 2.15. The fourth-order valence-electron chi connectivity index (χ4n) is 2.21. The minimum Gasteiger partial charge on any atom is -0.467 e. The molecule has 2 aromatic heterocycles. The molecule has 0 bridgehead atoms. The highest BCUT2D eigenvalue weighted by molar-refractivity contribution is 9.10. The van der Waals surface area contributed by atoms with E-state index in [1.54, 1.807) is 6.26 Å². The predicted octanol–water partition coefficient (Wildman–Crippen LogP) is 2.89. The zero-order valence-corrected chi connectivity index (χ0v) is 14.4. The van der Waals surface area contributed by atoms with E-state index in [-0.39, 0.29) is 6.04 Å². The Morgan fingerprint density at radius 2 is 2.29 bits per heavy atom. The van der Waals surface area contributed by atoms with Crippen LogP contribution in [-0.4, -0.2) is 41.9 Å². The number of rotatable bonds is 8. The molecule has 1 unspecified atom stereocenters. The van der Waals surface area contributed by atoms with Crippen LogP contribution in [0.4, 0.5) is 0 Å². The first-order chi connectivity index (χ1) is 10.1. The molecule has 2 heterocycles. The van der Waals surface area contributed by atoms with Gasteiger partial charge in [-0.15, -0.1) is 0 Å². The molecule has 0 aliphatic heterocycles.